The molecule has 0 bridgehead atoms. The third-order valence-electron chi connectivity index (χ3n) is 2.41. The quantitative estimate of drug-likeness (QED) is 0.669. The van der Waals surface area contributed by atoms with Crippen LogP contribution in [0.3, 0.4) is 0 Å². The molecule has 1 heterocycles. The summed E-state index contributed by atoms with van der Waals surface area (Å²) in [4.78, 5) is 0. The fraction of sp³-hybridized carbons (Fsp3) is 1.00. The van der Waals surface area contributed by atoms with E-state index < -0.39 is 10.0 Å². The molecule has 1 rings (SSSR count). The van der Waals surface area contributed by atoms with Crippen LogP contribution < -0.4 is 0 Å². The van der Waals surface area contributed by atoms with Gasteiger partial charge in [0.05, 0.1) is 6.26 Å². The zero-order valence-electron chi connectivity index (χ0n) is 7.78. The van der Waals surface area contributed by atoms with Gasteiger partial charge in [-0.25, -0.2) is 12.7 Å². The van der Waals surface area contributed by atoms with Crippen molar-refractivity contribution < 1.29 is 8.42 Å². The summed E-state index contributed by atoms with van der Waals surface area (Å²) in [6.45, 7) is 3.61. The van der Waals surface area contributed by atoms with Crippen molar-refractivity contribution in [3.05, 3.63) is 0 Å². The molecule has 0 unspecified atom stereocenters. The predicted molar refractivity (Wildman–Crippen MR) is 49.4 cm³/mol. The molecule has 0 aromatic heterocycles. The summed E-state index contributed by atoms with van der Waals surface area (Å²) in [6, 6.07) is 0. The van der Waals surface area contributed by atoms with Crippen LogP contribution in [0.25, 0.3) is 0 Å². The predicted octanol–water partition coefficient (Wildman–Crippen LogP) is 1.07. The molecule has 3 nitrogen and oxygen atoms in total. The average Bonchev–Trinajstić information content (AvgIpc) is 2.35. The Balaban J connectivity index is 2.46. The van der Waals surface area contributed by atoms with E-state index in [0.717, 1.165) is 32.4 Å². The van der Waals surface area contributed by atoms with Crippen molar-refractivity contribution in [2.75, 3.05) is 19.3 Å². The third kappa shape index (κ3) is 2.45. The summed E-state index contributed by atoms with van der Waals surface area (Å²) in [5.74, 6) is 0.602. The smallest absolute Gasteiger partial charge is 0.211 e. The second kappa shape index (κ2) is 3.75. The molecule has 0 N–H and O–H groups in total. The summed E-state index contributed by atoms with van der Waals surface area (Å²) >= 11 is 0. The summed E-state index contributed by atoms with van der Waals surface area (Å²) in [6.07, 6.45) is 4.65. The van der Waals surface area contributed by atoms with E-state index in [-0.39, 0.29) is 0 Å². The minimum atomic E-state index is -2.92. The highest BCUT2D eigenvalue weighted by molar-refractivity contribution is 7.88. The molecule has 1 atom stereocenters. The molecular weight excluding hydrogens is 174 g/mol. The second-order valence-corrected chi connectivity index (χ2v) is 5.55. The van der Waals surface area contributed by atoms with E-state index in [9.17, 15) is 8.42 Å². The molecule has 4 heteroatoms. The minimum Gasteiger partial charge on any atom is -0.213 e. The van der Waals surface area contributed by atoms with Crippen LogP contribution >= 0.6 is 0 Å². The zero-order valence-corrected chi connectivity index (χ0v) is 8.60. The van der Waals surface area contributed by atoms with Gasteiger partial charge < -0.3 is 0 Å². The van der Waals surface area contributed by atoms with Gasteiger partial charge >= 0.3 is 0 Å². The number of hydrogen-bond donors (Lipinski definition) is 0. The van der Waals surface area contributed by atoms with Gasteiger partial charge in [0.25, 0.3) is 0 Å². The van der Waals surface area contributed by atoms with Gasteiger partial charge in [-0.05, 0) is 18.8 Å². The highest BCUT2D eigenvalue weighted by Crippen LogP contribution is 2.22. The Kier molecular flexibility index (Phi) is 3.12. The molecule has 0 spiro atoms. The topological polar surface area (TPSA) is 37.4 Å². The maximum absolute atomic E-state index is 11.1. The largest absolute Gasteiger partial charge is 0.213 e. The second-order valence-electron chi connectivity index (χ2n) is 3.56. The first-order chi connectivity index (χ1) is 5.54. The molecule has 0 saturated carbocycles. The van der Waals surface area contributed by atoms with Crippen LogP contribution in [0.5, 0.6) is 0 Å². The Labute approximate surface area is 74.8 Å². The van der Waals surface area contributed by atoms with Crippen LogP contribution in [-0.4, -0.2) is 32.1 Å². The molecule has 0 aromatic rings. The van der Waals surface area contributed by atoms with Crippen LogP contribution in [-0.2, 0) is 10.0 Å². The van der Waals surface area contributed by atoms with Crippen LogP contribution in [0.2, 0.25) is 0 Å². The number of hydrogen-bond acceptors (Lipinski definition) is 2. The Morgan fingerprint density at radius 3 is 2.58 bits per heavy atom. The van der Waals surface area contributed by atoms with Crippen molar-refractivity contribution in [3.8, 4) is 0 Å². The van der Waals surface area contributed by atoms with Crippen molar-refractivity contribution in [3.63, 3.8) is 0 Å². The van der Waals surface area contributed by atoms with Crippen molar-refractivity contribution in [1.29, 1.82) is 0 Å². The maximum atomic E-state index is 11.1. The average molecular weight is 191 g/mol. The van der Waals surface area contributed by atoms with Gasteiger partial charge in [0, 0.05) is 13.1 Å². The summed E-state index contributed by atoms with van der Waals surface area (Å²) in [7, 11) is -2.92. The Bertz CT molecular complexity index is 235. The van der Waals surface area contributed by atoms with E-state index in [0.29, 0.717) is 5.92 Å². The minimum absolute atomic E-state index is 0.602. The van der Waals surface area contributed by atoms with Gasteiger partial charge in [-0.1, -0.05) is 13.3 Å². The molecule has 0 aromatic carbocycles. The van der Waals surface area contributed by atoms with Gasteiger partial charge in [0.1, 0.15) is 0 Å². The Morgan fingerprint density at radius 1 is 1.50 bits per heavy atom. The van der Waals surface area contributed by atoms with Crippen LogP contribution in [0, 0.1) is 5.92 Å². The standard InChI is InChI=1S/C8H17NO2S/c1-3-4-8-5-6-9(7-8)12(2,10)11/h8H,3-7H2,1-2H3/t8-/m0/s1. The Morgan fingerprint density at radius 2 is 2.17 bits per heavy atom. The van der Waals surface area contributed by atoms with Gasteiger partial charge in [0.15, 0.2) is 0 Å². The van der Waals surface area contributed by atoms with Gasteiger partial charge in [-0.2, -0.15) is 0 Å². The van der Waals surface area contributed by atoms with Crippen LogP contribution in [0.15, 0.2) is 0 Å². The van der Waals surface area contributed by atoms with Gasteiger partial charge in [-0.3, -0.25) is 0 Å². The van der Waals surface area contributed by atoms with Crippen molar-refractivity contribution in [1.82, 2.24) is 4.31 Å². The first kappa shape index (κ1) is 9.99. The maximum Gasteiger partial charge on any atom is 0.211 e. The highest BCUT2D eigenvalue weighted by Gasteiger charge is 2.27. The molecule has 0 radical (unpaired) electrons. The molecule has 1 fully saturated rings. The lowest BCUT2D eigenvalue weighted by Gasteiger charge is -2.12. The van der Waals surface area contributed by atoms with Crippen molar-refractivity contribution >= 4 is 10.0 Å². The van der Waals surface area contributed by atoms with E-state index in [1.54, 1.807) is 4.31 Å². The van der Waals surface area contributed by atoms with Crippen molar-refractivity contribution in [2.45, 2.75) is 26.2 Å². The molecule has 12 heavy (non-hydrogen) atoms. The van der Waals surface area contributed by atoms with E-state index in [1.807, 2.05) is 0 Å². The molecule has 72 valence electrons. The van der Waals surface area contributed by atoms with Crippen LogP contribution in [0.1, 0.15) is 26.2 Å². The van der Waals surface area contributed by atoms with Crippen LogP contribution in [0.4, 0.5) is 0 Å². The van der Waals surface area contributed by atoms with E-state index in [2.05, 4.69) is 6.92 Å². The Hall–Kier alpha value is -0.0900. The van der Waals surface area contributed by atoms with E-state index in [4.69, 9.17) is 0 Å². The normalized spacial score (nSPS) is 26.3. The fourth-order valence-electron chi connectivity index (χ4n) is 1.74. The number of rotatable bonds is 3. The number of sulfonamides is 1. The van der Waals surface area contributed by atoms with Crippen molar-refractivity contribution in [2.24, 2.45) is 5.92 Å². The molecular formula is C8H17NO2S. The first-order valence-corrected chi connectivity index (χ1v) is 6.34. The van der Waals surface area contributed by atoms with E-state index >= 15 is 0 Å². The van der Waals surface area contributed by atoms with Gasteiger partial charge in [0.2, 0.25) is 10.0 Å². The molecule has 1 aliphatic heterocycles. The monoisotopic (exact) mass is 191 g/mol. The molecule has 0 amide bonds. The lowest BCUT2D eigenvalue weighted by molar-refractivity contribution is 0.448. The third-order valence-corrected chi connectivity index (χ3v) is 3.68. The zero-order chi connectivity index (χ0) is 9.19. The summed E-state index contributed by atoms with van der Waals surface area (Å²) < 4.78 is 23.8. The van der Waals surface area contributed by atoms with Gasteiger partial charge in [-0.15, -0.1) is 0 Å². The summed E-state index contributed by atoms with van der Waals surface area (Å²) in [5.41, 5.74) is 0. The lowest BCUT2D eigenvalue weighted by Crippen LogP contribution is -2.27. The fourth-order valence-corrected chi connectivity index (χ4v) is 2.66. The SMILES string of the molecule is CCC[C@H]1CCN(S(C)(=O)=O)C1. The highest BCUT2D eigenvalue weighted by atomic mass is 32.2. The first-order valence-electron chi connectivity index (χ1n) is 4.49. The lowest BCUT2D eigenvalue weighted by atomic mass is 10.0. The molecule has 1 saturated heterocycles. The van der Waals surface area contributed by atoms with E-state index in [1.165, 1.54) is 6.26 Å². The molecule has 1 aliphatic rings. The summed E-state index contributed by atoms with van der Waals surface area (Å²) in [5, 5.41) is 0. The molecule has 0 aliphatic carbocycles. The number of nitrogens with zero attached hydrogens (tertiary/aromatic N) is 1.